The summed E-state index contributed by atoms with van der Waals surface area (Å²) in [6.07, 6.45) is 1.16. The Bertz CT molecular complexity index is 128. The molecule has 0 aromatic rings. The topological polar surface area (TPSA) is 17.1 Å². The number of carbonyl (C=O) groups is 1. The third kappa shape index (κ3) is 2.86. The minimum atomic E-state index is -0.139. The summed E-state index contributed by atoms with van der Waals surface area (Å²) in [6, 6.07) is 0. The molecule has 0 saturated carbocycles. The Labute approximate surface area is 94.8 Å². The third-order valence-corrected chi connectivity index (χ3v) is 3.20. The first-order chi connectivity index (χ1) is 5.39. The summed E-state index contributed by atoms with van der Waals surface area (Å²) in [5.74, 6) is 1.28. The van der Waals surface area contributed by atoms with Crippen LogP contribution in [0.1, 0.15) is 41.5 Å². The molecule has 0 fully saturated rings. The molecular formula is C11H23LiO. The molecule has 13 heavy (non-hydrogen) atoms. The average Bonchev–Trinajstić information content (AvgIpc) is 1.86. The SMILES string of the molecule is CC(C)C(C=O)(C(C)C)C(C)C.[LiH]. The normalized spacial score (nSPS) is 12.1. The van der Waals surface area contributed by atoms with Crippen molar-refractivity contribution in [1.29, 1.82) is 0 Å². The molecule has 1 nitrogen and oxygen atoms in total. The van der Waals surface area contributed by atoms with Crippen LogP contribution in [-0.4, -0.2) is 25.1 Å². The van der Waals surface area contributed by atoms with E-state index in [4.69, 9.17) is 0 Å². The Hall–Kier alpha value is 0.267. The van der Waals surface area contributed by atoms with Crippen LogP contribution in [0.25, 0.3) is 0 Å². The van der Waals surface area contributed by atoms with Crippen LogP contribution in [0, 0.1) is 23.2 Å². The van der Waals surface area contributed by atoms with Crippen molar-refractivity contribution in [3.8, 4) is 0 Å². The molecular weight excluding hydrogens is 155 g/mol. The maximum atomic E-state index is 11.2. The van der Waals surface area contributed by atoms with E-state index in [1.54, 1.807) is 0 Å². The van der Waals surface area contributed by atoms with E-state index in [0.29, 0.717) is 17.8 Å². The quantitative estimate of drug-likeness (QED) is 0.477. The predicted octanol–water partition coefficient (Wildman–Crippen LogP) is 2.49. The van der Waals surface area contributed by atoms with Crippen LogP contribution in [0.15, 0.2) is 0 Å². The van der Waals surface area contributed by atoms with Crippen LogP contribution in [0.3, 0.4) is 0 Å². The van der Waals surface area contributed by atoms with Gasteiger partial charge in [0, 0.05) is 5.41 Å². The van der Waals surface area contributed by atoms with Crippen molar-refractivity contribution in [2.24, 2.45) is 23.2 Å². The van der Waals surface area contributed by atoms with Crippen LogP contribution < -0.4 is 0 Å². The number of aldehydes is 1. The van der Waals surface area contributed by atoms with Gasteiger partial charge in [-0.3, -0.25) is 0 Å². The standard InChI is InChI=1S/C11H22O.Li.H/c1-8(2)11(7-12,9(3)4)10(5)6;;/h7-10H,1-6H3;;. The van der Waals surface area contributed by atoms with Gasteiger partial charge >= 0.3 is 18.9 Å². The van der Waals surface area contributed by atoms with Gasteiger partial charge < -0.3 is 4.79 Å². The van der Waals surface area contributed by atoms with E-state index in [2.05, 4.69) is 41.5 Å². The molecule has 0 bridgehead atoms. The van der Waals surface area contributed by atoms with Gasteiger partial charge in [-0.1, -0.05) is 41.5 Å². The Kier molecular flexibility index (Phi) is 7.12. The molecule has 2 heteroatoms. The van der Waals surface area contributed by atoms with Crippen molar-refractivity contribution in [3.63, 3.8) is 0 Å². The molecule has 74 valence electrons. The molecule has 0 aliphatic carbocycles. The number of rotatable bonds is 4. The Morgan fingerprint density at radius 3 is 1.08 bits per heavy atom. The zero-order valence-corrected chi connectivity index (χ0v) is 9.22. The van der Waals surface area contributed by atoms with Crippen molar-refractivity contribution in [2.75, 3.05) is 0 Å². The predicted molar refractivity (Wildman–Crippen MR) is 60.2 cm³/mol. The molecule has 0 aromatic heterocycles. The first-order valence-electron chi connectivity index (χ1n) is 4.85. The third-order valence-electron chi connectivity index (χ3n) is 3.20. The molecule has 0 radical (unpaired) electrons. The zero-order valence-electron chi connectivity index (χ0n) is 9.22. The molecule has 0 spiro atoms. The van der Waals surface area contributed by atoms with Gasteiger partial charge in [0.2, 0.25) is 0 Å². The summed E-state index contributed by atoms with van der Waals surface area (Å²) in [6.45, 7) is 12.8. The number of hydrogen-bond acceptors (Lipinski definition) is 1. The van der Waals surface area contributed by atoms with Crippen LogP contribution in [0.5, 0.6) is 0 Å². The van der Waals surface area contributed by atoms with Crippen molar-refractivity contribution < 1.29 is 4.79 Å². The van der Waals surface area contributed by atoms with Crippen molar-refractivity contribution >= 4 is 25.1 Å². The maximum absolute atomic E-state index is 11.2. The summed E-state index contributed by atoms with van der Waals surface area (Å²) in [7, 11) is 0. The van der Waals surface area contributed by atoms with Crippen LogP contribution in [0.2, 0.25) is 0 Å². The summed E-state index contributed by atoms with van der Waals surface area (Å²) in [5, 5.41) is 0. The summed E-state index contributed by atoms with van der Waals surface area (Å²) < 4.78 is 0. The van der Waals surface area contributed by atoms with E-state index in [0.717, 1.165) is 6.29 Å². The van der Waals surface area contributed by atoms with Gasteiger partial charge in [-0.15, -0.1) is 0 Å². The van der Waals surface area contributed by atoms with Crippen LogP contribution in [-0.2, 0) is 4.79 Å². The van der Waals surface area contributed by atoms with Gasteiger partial charge in [-0.25, -0.2) is 0 Å². The fourth-order valence-corrected chi connectivity index (χ4v) is 2.41. The second kappa shape index (κ2) is 5.89. The van der Waals surface area contributed by atoms with Crippen molar-refractivity contribution in [3.05, 3.63) is 0 Å². The monoisotopic (exact) mass is 178 g/mol. The van der Waals surface area contributed by atoms with Crippen molar-refractivity contribution in [1.82, 2.24) is 0 Å². The second-order valence-corrected chi connectivity index (χ2v) is 4.58. The Morgan fingerprint density at radius 2 is 1.08 bits per heavy atom. The first kappa shape index (κ1) is 15.7. The molecule has 0 unspecified atom stereocenters. The summed E-state index contributed by atoms with van der Waals surface area (Å²) >= 11 is 0. The van der Waals surface area contributed by atoms with E-state index in [-0.39, 0.29) is 24.3 Å². The Balaban J connectivity index is 0. The molecule has 0 N–H and O–H groups in total. The second-order valence-electron chi connectivity index (χ2n) is 4.58. The van der Waals surface area contributed by atoms with Gasteiger partial charge in [0.05, 0.1) is 0 Å². The van der Waals surface area contributed by atoms with E-state index >= 15 is 0 Å². The average molecular weight is 178 g/mol. The van der Waals surface area contributed by atoms with Gasteiger partial charge in [-0.2, -0.15) is 0 Å². The molecule has 0 rings (SSSR count). The van der Waals surface area contributed by atoms with Gasteiger partial charge in [0.15, 0.2) is 0 Å². The van der Waals surface area contributed by atoms with E-state index < -0.39 is 0 Å². The van der Waals surface area contributed by atoms with Crippen LogP contribution >= 0.6 is 0 Å². The molecule has 0 aromatic carbocycles. The van der Waals surface area contributed by atoms with Crippen LogP contribution in [0.4, 0.5) is 0 Å². The van der Waals surface area contributed by atoms with Gasteiger partial charge in [0.25, 0.3) is 0 Å². The molecule has 0 aliphatic rings. The fourth-order valence-electron chi connectivity index (χ4n) is 2.41. The molecule has 0 atom stereocenters. The summed E-state index contributed by atoms with van der Waals surface area (Å²) in [4.78, 5) is 11.2. The van der Waals surface area contributed by atoms with Crippen molar-refractivity contribution in [2.45, 2.75) is 41.5 Å². The fraction of sp³-hybridized carbons (Fsp3) is 0.909. The van der Waals surface area contributed by atoms with E-state index in [1.165, 1.54) is 0 Å². The molecule has 0 amide bonds. The molecule has 0 aliphatic heterocycles. The van der Waals surface area contributed by atoms with Gasteiger partial charge in [-0.05, 0) is 17.8 Å². The first-order valence-corrected chi connectivity index (χ1v) is 4.85. The molecule has 0 saturated heterocycles. The van der Waals surface area contributed by atoms with Gasteiger partial charge in [0.1, 0.15) is 6.29 Å². The van der Waals surface area contributed by atoms with E-state index in [1.807, 2.05) is 0 Å². The zero-order chi connectivity index (χ0) is 9.94. The Morgan fingerprint density at radius 1 is 0.846 bits per heavy atom. The van der Waals surface area contributed by atoms with E-state index in [9.17, 15) is 4.79 Å². The summed E-state index contributed by atoms with van der Waals surface area (Å²) in [5.41, 5.74) is -0.139. The number of hydrogen-bond donors (Lipinski definition) is 0. The molecule has 0 heterocycles. The number of carbonyl (C=O) groups excluding carboxylic acids is 1. The minimum absolute atomic E-state index is 0.